The smallest absolute Gasteiger partial charge is 0.272 e. The largest absolute Gasteiger partial charge is 0.487 e. The van der Waals surface area contributed by atoms with Gasteiger partial charge in [-0.1, -0.05) is 6.07 Å². The van der Waals surface area contributed by atoms with Crippen LogP contribution in [0.25, 0.3) is 0 Å². The number of rotatable bonds is 6. The fraction of sp³-hybridized carbons (Fsp3) is 0.611. The van der Waals surface area contributed by atoms with Crippen molar-refractivity contribution >= 4 is 11.6 Å². The number of alkyl halides is 2. The third kappa shape index (κ3) is 4.44. The van der Waals surface area contributed by atoms with Gasteiger partial charge in [0.1, 0.15) is 12.4 Å². The number of carbonyl (C=O) groups excluding carboxylic acids is 1. The molecule has 3 rings (SSSR count). The van der Waals surface area contributed by atoms with Gasteiger partial charge in [-0.2, -0.15) is 0 Å². The molecule has 1 amide bonds. The van der Waals surface area contributed by atoms with E-state index in [2.05, 4.69) is 10.6 Å². The van der Waals surface area contributed by atoms with E-state index < -0.39 is 13.0 Å². The lowest BCUT2D eigenvalue weighted by molar-refractivity contribution is -0.117. The number of piperidine rings is 1. The number of ether oxygens (including phenoxy) is 1. The molecule has 4 nitrogen and oxygen atoms in total. The summed E-state index contributed by atoms with van der Waals surface area (Å²) < 4.78 is 29.7. The van der Waals surface area contributed by atoms with Gasteiger partial charge in [-0.3, -0.25) is 4.79 Å². The zero-order valence-corrected chi connectivity index (χ0v) is 13.9. The number of hydrogen-bond acceptors (Lipinski definition) is 3. The summed E-state index contributed by atoms with van der Waals surface area (Å²) >= 11 is 0. The summed E-state index contributed by atoms with van der Waals surface area (Å²) in [4.78, 5) is 12.3. The third-order valence-corrected chi connectivity index (χ3v) is 4.88. The van der Waals surface area contributed by atoms with Crippen molar-refractivity contribution in [1.82, 2.24) is 5.32 Å². The lowest BCUT2D eigenvalue weighted by Gasteiger charge is -2.28. The van der Waals surface area contributed by atoms with Crippen LogP contribution in [0.1, 0.15) is 37.7 Å². The molecule has 2 aliphatic heterocycles. The van der Waals surface area contributed by atoms with Crippen molar-refractivity contribution in [1.29, 1.82) is 0 Å². The van der Waals surface area contributed by atoms with E-state index in [0.717, 1.165) is 18.4 Å². The second-order valence-electron chi connectivity index (χ2n) is 6.91. The van der Waals surface area contributed by atoms with E-state index in [4.69, 9.17) is 4.74 Å². The van der Waals surface area contributed by atoms with Crippen LogP contribution in [0, 0.1) is 12.8 Å². The molecule has 132 valence electrons. The number of halogens is 2. The van der Waals surface area contributed by atoms with Crippen LogP contribution in [-0.4, -0.2) is 31.0 Å². The Morgan fingerprint density at radius 2 is 2.04 bits per heavy atom. The Morgan fingerprint density at radius 1 is 1.33 bits per heavy atom. The van der Waals surface area contributed by atoms with Gasteiger partial charge in [0.25, 0.3) is 6.43 Å². The number of amides is 1. The topological polar surface area (TPSA) is 50.4 Å². The van der Waals surface area contributed by atoms with Crippen LogP contribution in [0.4, 0.5) is 14.5 Å². The summed E-state index contributed by atoms with van der Waals surface area (Å²) in [6.07, 6.45) is 2.53. The van der Waals surface area contributed by atoms with Gasteiger partial charge in [0.2, 0.25) is 5.91 Å². The lowest BCUT2D eigenvalue weighted by Crippen LogP contribution is -2.39. The second kappa shape index (κ2) is 7.47. The Kier molecular flexibility index (Phi) is 5.33. The van der Waals surface area contributed by atoms with Crippen molar-refractivity contribution in [2.24, 2.45) is 5.92 Å². The summed E-state index contributed by atoms with van der Waals surface area (Å²) in [5, 5.41) is 6.44. The van der Waals surface area contributed by atoms with E-state index >= 15 is 0 Å². The van der Waals surface area contributed by atoms with Crippen LogP contribution < -0.4 is 15.4 Å². The van der Waals surface area contributed by atoms with Gasteiger partial charge in [-0.05, 0) is 50.2 Å². The molecule has 0 aliphatic carbocycles. The van der Waals surface area contributed by atoms with Gasteiger partial charge in [0.15, 0.2) is 0 Å². The van der Waals surface area contributed by atoms with Crippen LogP contribution in [0.5, 0.6) is 5.75 Å². The molecule has 2 bridgehead atoms. The van der Waals surface area contributed by atoms with Gasteiger partial charge < -0.3 is 15.4 Å². The van der Waals surface area contributed by atoms with Crippen LogP contribution in [0.2, 0.25) is 0 Å². The summed E-state index contributed by atoms with van der Waals surface area (Å²) in [6.45, 7) is 1.15. The maximum atomic E-state index is 12.3. The average molecular weight is 338 g/mol. The highest BCUT2D eigenvalue weighted by atomic mass is 19.3. The van der Waals surface area contributed by atoms with Crippen molar-refractivity contribution in [3.05, 3.63) is 23.8 Å². The highest BCUT2D eigenvalue weighted by Gasteiger charge is 2.34. The molecule has 0 aromatic heterocycles. The maximum Gasteiger partial charge on any atom is 0.272 e. The van der Waals surface area contributed by atoms with Crippen molar-refractivity contribution < 1.29 is 18.3 Å². The fourth-order valence-corrected chi connectivity index (χ4v) is 3.80. The van der Waals surface area contributed by atoms with Gasteiger partial charge in [-0.25, -0.2) is 8.78 Å². The summed E-state index contributed by atoms with van der Waals surface area (Å²) in [6, 6.07) is 6.28. The number of anilines is 1. The van der Waals surface area contributed by atoms with E-state index in [1.54, 1.807) is 25.1 Å². The van der Waals surface area contributed by atoms with E-state index in [1.807, 2.05) is 0 Å². The first-order valence-electron chi connectivity index (χ1n) is 8.57. The molecule has 24 heavy (non-hydrogen) atoms. The van der Waals surface area contributed by atoms with Gasteiger partial charge in [-0.15, -0.1) is 0 Å². The Labute approximate surface area is 141 Å². The molecule has 2 aliphatic rings. The summed E-state index contributed by atoms with van der Waals surface area (Å²) in [5.74, 6) is 0.779. The van der Waals surface area contributed by atoms with Crippen molar-refractivity contribution in [2.75, 3.05) is 11.9 Å². The van der Waals surface area contributed by atoms with Gasteiger partial charge in [0.05, 0.1) is 0 Å². The lowest BCUT2D eigenvalue weighted by atomic mass is 9.89. The SMILES string of the molecule is Cc1ccc(NC(=O)CC2CC3CCC(C2)N3)cc1OCC(F)F. The molecule has 6 heteroatoms. The second-order valence-corrected chi connectivity index (χ2v) is 6.91. The Bertz CT molecular complexity index is 582. The molecule has 2 atom stereocenters. The third-order valence-electron chi connectivity index (χ3n) is 4.88. The van der Waals surface area contributed by atoms with E-state index in [-0.39, 0.29) is 5.91 Å². The minimum atomic E-state index is -2.52. The van der Waals surface area contributed by atoms with Crippen molar-refractivity contribution in [3.63, 3.8) is 0 Å². The summed E-state index contributed by atoms with van der Waals surface area (Å²) in [7, 11) is 0. The molecular formula is C18H24F2N2O2. The monoisotopic (exact) mass is 338 g/mol. The molecule has 1 aromatic rings. The zero-order chi connectivity index (χ0) is 17.1. The molecular weight excluding hydrogens is 314 g/mol. The van der Waals surface area contributed by atoms with Crippen LogP contribution in [-0.2, 0) is 4.79 Å². The molecule has 2 N–H and O–H groups in total. The molecule has 1 aromatic carbocycles. The van der Waals surface area contributed by atoms with E-state index in [0.29, 0.717) is 35.9 Å². The fourth-order valence-electron chi connectivity index (χ4n) is 3.80. The first kappa shape index (κ1) is 17.1. The molecule has 2 heterocycles. The highest BCUT2D eigenvalue weighted by molar-refractivity contribution is 5.91. The Morgan fingerprint density at radius 3 is 2.71 bits per heavy atom. The number of benzene rings is 1. The molecule has 2 fully saturated rings. The molecule has 0 saturated carbocycles. The number of carbonyl (C=O) groups is 1. The van der Waals surface area contributed by atoms with Crippen LogP contribution in [0.15, 0.2) is 18.2 Å². The van der Waals surface area contributed by atoms with Crippen molar-refractivity contribution in [3.8, 4) is 5.75 Å². The van der Waals surface area contributed by atoms with E-state index in [1.165, 1.54) is 12.8 Å². The molecule has 2 saturated heterocycles. The minimum Gasteiger partial charge on any atom is -0.487 e. The van der Waals surface area contributed by atoms with Crippen molar-refractivity contribution in [2.45, 2.75) is 57.5 Å². The normalized spacial score (nSPS) is 25.8. The predicted octanol–water partition coefficient (Wildman–Crippen LogP) is 3.50. The number of hydrogen-bond donors (Lipinski definition) is 2. The van der Waals surface area contributed by atoms with E-state index in [9.17, 15) is 13.6 Å². The van der Waals surface area contributed by atoms with Gasteiger partial charge >= 0.3 is 0 Å². The van der Waals surface area contributed by atoms with Crippen LogP contribution in [0.3, 0.4) is 0 Å². The number of aryl methyl sites for hydroxylation is 1. The maximum absolute atomic E-state index is 12.3. The zero-order valence-electron chi connectivity index (χ0n) is 13.9. The van der Waals surface area contributed by atoms with Gasteiger partial charge in [0, 0.05) is 30.3 Å². The first-order valence-corrected chi connectivity index (χ1v) is 8.57. The summed E-state index contributed by atoms with van der Waals surface area (Å²) in [5.41, 5.74) is 1.36. The number of fused-ring (bicyclic) bond motifs is 2. The molecule has 0 radical (unpaired) electrons. The first-order chi connectivity index (χ1) is 11.5. The molecule has 2 unspecified atom stereocenters. The average Bonchev–Trinajstić information content (AvgIpc) is 2.86. The highest BCUT2D eigenvalue weighted by Crippen LogP contribution is 2.33. The van der Waals surface area contributed by atoms with Crippen LogP contribution >= 0.6 is 0 Å². The Balaban J connectivity index is 1.55. The number of nitrogens with one attached hydrogen (secondary N) is 2. The standard InChI is InChI=1S/C18H24F2N2O2/c1-11-2-3-15(9-16(11)24-10-17(19)20)22-18(23)8-12-6-13-4-5-14(7-12)21-13/h2-3,9,12-14,17,21H,4-8,10H2,1H3,(H,22,23). The molecule has 0 spiro atoms. The minimum absolute atomic E-state index is 0.0232. The predicted molar refractivity (Wildman–Crippen MR) is 88.6 cm³/mol. The quantitative estimate of drug-likeness (QED) is 0.835. The Hall–Kier alpha value is -1.69.